The fourth-order valence-corrected chi connectivity index (χ4v) is 6.53. The predicted octanol–water partition coefficient (Wildman–Crippen LogP) is 6.94. The number of carboxylic acids is 1. The highest BCUT2D eigenvalue weighted by atomic mass is 35.5. The summed E-state index contributed by atoms with van der Waals surface area (Å²) in [4.78, 5) is 21.3. The quantitative estimate of drug-likeness (QED) is 0.232. The number of nitrogens with zero attached hydrogens (tertiary/aromatic N) is 2. The van der Waals surface area contributed by atoms with Crippen LogP contribution in [0.4, 0.5) is 5.13 Å². The van der Waals surface area contributed by atoms with Gasteiger partial charge in [-0.3, -0.25) is 0 Å². The first-order chi connectivity index (χ1) is 16.1. The molecule has 3 N–H and O–H groups in total. The molecule has 11 heteroatoms. The van der Waals surface area contributed by atoms with Crippen molar-refractivity contribution in [1.82, 2.24) is 9.97 Å². The Bertz CT molecular complexity index is 1370. The minimum atomic E-state index is -1.21. The largest absolute Gasteiger partial charge is 0.481 e. The minimum Gasteiger partial charge on any atom is -0.481 e. The number of fused-ring (bicyclic) bond motifs is 3. The fraction of sp³-hybridized carbons (Fsp3) is 0.217. The number of aliphatic carboxylic acids is 1. The van der Waals surface area contributed by atoms with Gasteiger partial charge in [-0.1, -0.05) is 34.5 Å². The van der Waals surface area contributed by atoms with E-state index in [2.05, 4.69) is 22.2 Å². The number of nitrogens with one attached hydrogen (secondary N) is 2. The van der Waals surface area contributed by atoms with E-state index in [0.29, 0.717) is 32.3 Å². The standard InChI is InChI=1S/C23H20Cl2N4O3S2/c1-9-5-12(6-17(27-9)32-4)18(10(2)26)20(21(30)31)29-23-28-19-14-8-16(25)15(24)7-13(14)11(3)33-22(19)34-23/h5-8,11,26H,1-4H3,(H,28,29)(H,30,31)/b20-18+,26-10?. The van der Waals surface area contributed by atoms with Gasteiger partial charge in [0.25, 0.3) is 0 Å². The Morgan fingerprint density at radius 3 is 2.56 bits per heavy atom. The molecule has 1 atom stereocenters. The summed E-state index contributed by atoms with van der Waals surface area (Å²) in [7, 11) is 1.48. The van der Waals surface area contributed by atoms with Crippen molar-refractivity contribution >= 4 is 68.7 Å². The summed E-state index contributed by atoms with van der Waals surface area (Å²) in [5.74, 6) is -0.875. The second-order valence-corrected chi connectivity index (χ2v) is 11.0. The van der Waals surface area contributed by atoms with Gasteiger partial charge in [0.05, 0.1) is 27.1 Å². The van der Waals surface area contributed by atoms with Crippen LogP contribution in [-0.2, 0) is 4.79 Å². The van der Waals surface area contributed by atoms with E-state index in [9.17, 15) is 9.90 Å². The lowest BCUT2D eigenvalue weighted by Gasteiger charge is -2.21. The third-order valence-electron chi connectivity index (χ3n) is 5.16. The zero-order valence-electron chi connectivity index (χ0n) is 18.6. The Balaban J connectivity index is 1.82. The van der Waals surface area contributed by atoms with Crippen LogP contribution in [-0.4, -0.2) is 33.9 Å². The van der Waals surface area contributed by atoms with Gasteiger partial charge in [0, 0.05) is 33.9 Å². The molecule has 0 aliphatic carbocycles. The molecule has 1 unspecified atom stereocenters. The summed E-state index contributed by atoms with van der Waals surface area (Å²) in [5, 5.41) is 22.8. The fourth-order valence-electron chi connectivity index (χ4n) is 3.70. The maximum atomic E-state index is 12.3. The molecule has 2 aromatic heterocycles. The van der Waals surface area contributed by atoms with E-state index in [1.165, 1.54) is 25.4 Å². The van der Waals surface area contributed by atoms with E-state index in [4.69, 9.17) is 33.3 Å². The molecule has 1 aliphatic heterocycles. The molecule has 3 heterocycles. The Labute approximate surface area is 214 Å². The number of thiazole rings is 1. The Morgan fingerprint density at radius 2 is 1.91 bits per heavy atom. The van der Waals surface area contributed by atoms with E-state index < -0.39 is 5.97 Å². The number of aromatic nitrogens is 2. The molecular formula is C23H20Cl2N4O3S2. The van der Waals surface area contributed by atoms with Crippen molar-refractivity contribution in [2.45, 2.75) is 30.2 Å². The molecule has 34 heavy (non-hydrogen) atoms. The normalized spacial score (nSPS) is 15.2. The van der Waals surface area contributed by atoms with Crippen molar-refractivity contribution in [1.29, 1.82) is 5.41 Å². The molecule has 1 aromatic carbocycles. The maximum absolute atomic E-state index is 12.3. The Kier molecular flexibility index (Phi) is 6.91. The van der Waals surface area contributed by atoms with E-state index in [0.717, 1.165) is 21.0 Å². The van der Waals surface area contributed by atoms with Crippen LogP contribution in [0.2, 0.25) is 10.0 Å². The second-order valence-electron chi connectivity index (χ2n) is 7.61. The number of hydrogen-bond acceptors (Lipinski definition) is 8. The highest BCUT2D eigenvalue weighted by Gasteiger charge is 2.29. The SMILES string of the molecule is COc1cc(/C(C(C)=N)=C(/Nc2nc3c(s2)SC(C)c2cc(Cl)c(Cl)cc2-3)C(=O)O)cc(C)n1. The Hall–Kier alpha value is -2.59. The molecule has 0 bridgehead atoms. The van der Waals surface area contributed by atoms with Crippen molar-refractivity contribution in [2.24, 2.45) is 0 Å². The number of rotatable bonds is 6. The van der Waals surface area contributed by atoms with Gasteiger partial charge in [0.2, 0.25) is 5.88 Å². The third-order valence-corrected chi connectivity index (χ3v) is 8.21. The van der Waals surface area contributed by atoms with Gasteiger partial charge in [0.1, 0.15) is 5.70 Å². The first-order valence-electron chi connectivity index (χ1n) is 10.1. The number of methoxy groups -OCH3 is 1. The molecular weight excluding hydrogens is 515 g/mol. The summed E-state index contributed by atoms with van der Waals surface area (Å²) >= 11 is 15.5. The van der Waals surface area contributed by atoms with Crippen LogP contribution in [0.5, 0.6) is 5.88 Å². The van der Waals surface area contributed by atoms with Crippen LogP contribution in [0.25, 0.3) is 16.8 Å². The lowest BCUT2D eigenvalue weighted by Crippen LogP contribution is -2.16. The second kappa shape index (κ2) is 9.58. The summed E-state index contributed by atoms with van der Waals surface area (Å²) in [5.41, 5.74) is 3.92. The summed E-state index contributed by atoms with van der Waals surface area (Å²) < 4.78 is 6.18. The molecule has 0 saturated carbocycles. The zero-order valence-corrected chi connectivity index (χ0v) is 21.8. The van der Waals surface area contributed by atoms with Gasteiger partial charge in [-0.05, 0) is 50.1 Å². The number of anilines is 1. The molecule has 4 rings (SSSR count). The van der Waals surface area contributed by atoms with Gasteiger partial charge >= 0.3 is 5.97 Å². The first-order valence-corrected chi connectivity index (χ1v) is 12.5. The van der Waals surface area contributed by atoms with Crippen LogP contribution in [0.15, 0.2) is 34.2 Å². The van der Waals surface area contributed by atoms with E-state index in [1.54, 1.807) is 36.9 Å². The predicted molar refractivity (Wildman–Crippen MR) is 139 cm³/mol. The van der Waals surface area contributed by atoms with Crippen molar-refractivity contribution in [3.8, 4) is 17.1 Å². The number of thioether (sulfide) groups is 1. The van der Waals surface area contributed by atoms with Crippen molar-refractivity contribution in [3.63, 3.8) is 0 Å². The number of carbonyl (C=O) groups is 1. The lowest BCUT2D eigenvalue weighted by atomic mass is 9.99. The number of ether oxygens (including phenoxy) is 1. The summed E-state index contributed by atoms with van der Waals surface area (Å²) in [6, 6.07) is 6.97. The van der Waals surface area contributed by atoms with Crippen LogP contribution in [0.3, 0.4) is 0 Å². The number of pyridine rings is 1. The summed E-state index contributed by atoms with van der Waals surface area (Å²) in [6.07, 6.45) is 0. The molecule has 7 nitrogen and oxygen atoms in total. The summed E-state index contributed by atoms with van der Waals surface area (Å²) in [6.45, 7) is 5.38. The van der Waals surface area contributed by atoms with E-state index in [-0.39, 0.29) is 22.2 Å². The third kappa shape index (κ3) is 4.65. The number of carboxylic acid groups (broad SMARTS) is 1. The molecule has 0 amide bonds. The minimum absolute atomic E-state index is 0.0774. The number of benzene rings is 1. The smallest absolute Gasteiger partial charge is 0.353 e. The van der Waals surface area contributed by atoms with Crippen molar-refractivity contribution < 1.29 is 14.6 Å². The topological polar surface area (TPSA) is 108 Å². The van der Waals surface area contributed by atoms with Crippen molar-refractivity contribution in [3.05, 3.63) is 56.8 Å². The maximum Gasteiger partial charge on any atom is 0.353 e. The molecule has 176 valence electrons. The first kappa shape index (κ1) is 24.5. The average molecular weight is 535 g/mol. The molecule has 0 spiro atoms. The molecule has 3 aromatic rings. The molecule has 0 fully saturated rings. The number of allylic oxidation sites excluding steroid dienone is 1. The lowest BCUT2D eigenvalue weighted by molar-refractivity contribution is -0.132. The Morgan fingerprint density at radius 1 is 1.21 bits per heavy atom. The average Bonchev–Trinajstić information content (AvgIpc) is 3.16. The van der Waals surface area contributed by atoms with Gasteiger partial charge in [-0.25, -0.2) is 14.8 Å². The molecule has 1 aliphatic rings. The molecule has 0 radical (unpaired) electrons. The van der Waals surface area contributed by atoms with E-state index >= 15 is 0 Å². The van der Waals surface area contributed by atoms with Crippen LogP contribution < -0.4 is 10.1 Å². The van der Waals surface area contributed by atoms with Crippen molar-refractivity contribution in [2.75, 3.05) is 12.4 Å². The van der Waals surface area contributed by atoms with Gasteiger partial charge < -0.3 is 20.6 Å². The number of aryl methyl sites for hydroxylation is 1. The van der Waals surface area contributed by atoms with Gasteiger partial charge in [-0.15, -0.1) is 11.8 Å². The highest BCUT2D eigenvalue weighted by molar-refractivity contribution is 8.01. The van der Waals surface area contributed by atoms with E-state index in [1.807, 2.05) is 6.07 Å². The highest BCUT2D eigenvalue weighted by Crippen LogP contribution is 2.53. The van der Waals surface area contributed by atoms with Gasteiger partial charge in [-0.2, -0.15) is 0 Å². The van der Waals surface area contributed by atoms with Crippen LogP contribution >= 0.6 is 46.3 Å². The number of hydrogen-bond donors (Lipinski definition) is 3. The van der Waals surface area contributed by atoms with Crippen LogP contribution in [0, 0.1) is 12.3 Å². The monoisotopic (exact) mass is 534 g/mol. The van der Waals surface area contributed by atoms with Gasteiger partial charge in [0.15, 0.2) is 5.13 Å². The molecule has 0 saturated heterocycles. The zero-order chi connectivity index (χ0) is 24.7. The van der Waals surface area contributed by atoms with Crippen LogP contribution in [0.1, 0.15) is 35.9 Å². The number of halogens is 2.